The van der Waals surface area contributed by atoms with E-state index >= 15 is 0 Å². The van der Waals surface area contributed by atoms with E-state index in [0.717, 1.165) is 0 Å². The molecule has 0 aromatic heterocycles. The average Bonchev–Trinajstić information content (AvgIpc) is 2.73. The van der Waals surface area contributed by atoms with Gasteiger partial charge in [-0.15, -0.1) is 0 Å². The molecule has 1 amide bonds. The largest absolute Gasteiger partial charge is 0.481 e. The molecule has 0 heterocycles. The molecule has 0 unspecified atom stereocenters. The third kappa shape index (κ3) is 7.70. The first-order chi connectivity index (χ1) is 14.7. The zero-order valence-electron chi connectivity index (χ0n) is 15.9. The van der Waals surface area contributed by atoms with E-state index in [-0.39, 0.29) is 17.9 Å². The number of rotatable bonds is 11. The smallest absolute Gasteiger partial charge is 0.341 e. The maximum absolute atomic E-state index is 12.9. The van der Waals surface area contributed by atoms with E-state index in [1.165, 1.54) is 36.5 Å². The molecule has 0 atom stereocenters. The van der Waals surface area contributed by atoms with Crippen LogP contribution in [0, 0.1) is 0 Å². The standard InChI is InChI=1S/C20H18F4N2O5/c21-19(22)20(23,24)12-30-10-13-4-3-6-14(8-13)18(29)26-25-9-15-5-1-2-7-16(15)31-11-17(27)28/h1-9,19H,10-12H2,(H,26,29)(H,27,28). The topological polar surface area (TPSA) is 97.2 Å². The third-order valence-corrected chi connectivity index (χ3v) is 3.71. The lowest BCUT2D eigenvalue weighted by Crippen LogP contribution is -2.32. The van der Waals surface area contributed by atoms with E-state index in [9.17, 15) is 27.2 Å². The highest BCUT2D eigenvalue weighted by atomic mass is 19.3. The van der Waals surface area contributed by atoms with Gasteiger partial charge in [-0.25, -0.2) is 19.0 Å². The van der Waals surface area contributed by atoms with Gasteiger partial charge in [-0.1, -0.05) is 24.3 Å². The number of ether oxygens (including phenoxy) is 2. The maximum atomic E-state index is 12.9. The van der Waals surface area contributed by atoms with Crippen molar-refractivity contribution in [2.75, 3.05) is 13.2 Å². The number of aliphatic carboxylic acids is 1. The van der Waals surface area contributed by atoms with Crippen LogP contribution in [0.3, 0.4) is 0 Å². The summed E-state index contributed by atoms with van der Waals surface area (Å²) in [7, 11) is 0. The van der Waals surface area contributed by atoms with Crippen molar-refractivity contribution in [3.05, 3.63) is 65.2 Å². The van der Waals surface area contributed by atoms with Gasteiger partial charge in [-0.05, 0) is 29.8 Å². The predicted octanol–water partition coefficient (Wildman–Crippen LogP) is 3.33. The Bertz CT molecular complexity index is 937. The summed E-state index contributed by atoms with van der Waals surface area (Å²) in [6, 6.07) is 12.2. The summed E-state index contributed by atoms with van der Waals surface area (Å²) in [5.74, 6) is -5.78. The molecule has 2 rings (SSSR count). The number of nitrogens with zero attached hydrogens (tertiary/aromatic N) is 1. The number of nitrogens with one attached hydrogen (secondary N) is 1. The molecule has 0 saturated carbocycles. The molecule has 0 saturated heterocycles. The lowest BCUT2D eigenvalue weighted by molar-refractivity contribution is -0.168. The van der Waals surface area contributed by atoms with Crippen molar-refractivity contribution in [3.8, 4) is 5.75 Å². The molecule has 31 heavy (non-hydrogen) atoms. The van der Waals surface area contributed by atoms with Crippen LogP contribution in [0.5, 0.6) is 5.75 Å². The minimum Gasteiger partial charge on any atom is -0.481 e. The molecule has 2 N–H and O–H groups in total. The molecule has 0 fully saturated rings. The predicted molar refractivity (Wildman–Crippen MR) is 102 cm³/mol. The second kappa shape index (κ2) is 11.1. The SMILES string of the molecule is O=C(O)COc1ccccc1C=NNC(=O)c1cccc(COCC(F)(F)C(F)F)c1. The zero-order chi connectivity index (χ0) is 22.9. The Morgan fingerprint density at radius 1 is 1.16 bits per heavy atom. The lowest BCUT2D eigenvalue weighted by Gasteiger charge is -2.15. The number of hydrogen-bond donors (Lipinski definition) is 2. The molecular formula is C20H18F4N2O5. The Hall–Kier alpha value is -3.47. The molecule has 0 aliphatic carbocycles. The van der Waals surface area contributed by atoms with Crippen LogP contribution in [0.2, 0.25) is 0 Å². The molecule has 0 aliphatic rings. The summed E-state index contributed by atoms with van der Waals surface area (Å²) in [5.41, 5.74) is 3.14. The number of carbonyl (C=O) groups is 2. The summed E-state index contributed by atoms with van der Waals surface area (Å²) in [5, 5.41) is 12.5. The molecule has 2 aromatic rings. The zero-order valence-corrected chi connectivity index (χ0v) is 15.9. The Labute approximate surface area is 174 Å². The van der Waals surface area contributed by atoms with Crippen molar-refractivity contribution in [1.82, 2.24) is 5.43 Å². The van der Waals surface area contributed by atoms with Crippen LogP contribution in [0.1, 0.15) is 21.5 Å². The van der Waals surface area contributed by atoms with E-state index in [2.05, 4.69) is 15.3 Å². The number of carbonyl (C=O) groups excluding carboxylic acids is 1. The second-order valence-corrected chi connectivity index (χ2v) is 6.17. The second-order valence-electron chi connectivity index (χ2n) is 6.17. The fourth-order valence-corrected chi connectivity index (χ4v) is 2.25. The summed E-state index contributed by atoms with van der Waals surface area (Å²) in [6.45, 7) is -2.38. The van der Waals surface area contributed by atoms with Gasteiger partial charge in [0.1, 0.15) is 12.4 Å². The Kier molecular flexibility index (Phi) is 8.50. The van der Waals surface area contributed by atoms with Crippen molar-refractivity contribution in [2.45, 2.75) is 19.0 Å². The van der Waals surface area contributed by atoms with E-state index in [4.69, 9.17) is 9.84 Å². The van der Waals surface area contributed by atoms with Crippen molar-refractivity contribution >= 4 is 18.1 Å². The number of alkyl halides is 4. The van der Waals surface area contributed by atoms with Gasteiger partial charge >= 0.3 is 18.3 Å². The molecule has 0 spiro atoms. The van der Waals surface area contributed by atoms with Crippen molar-refractivity contribution in [3.63, 3.8) is 0 Å². The Morgan fingerprint density at radius 2 is 1.90 bits per heavy atom. The quantitative estimate of drug-likeness (QED) is 0.316. The van der Waals surface area contributed by atoms with Gasteiger partial charge in [-0.3, -0.25) is 4.79 Å². The number of hydrogen-bond acceptors (Lipinski definition) is 5. The first kappa shape index (κ1) is 23.8. The number of carboxylic acid groups (broad SMARTS) is 1. The first-order valence-corrected chi connectivity index (χ1v) is 8.78. The van der Waals surface area contributed by atoms with Gasteiger partial charge in [-0.2, -0.15) is 13.9 Å². The van der Waals surface area contributed by atoms with Crippen LogP contribution >= 0.6 is 0 Å². The molecule has 11 heteroatoms. The van der Waals surface area contributed by atoms with E-state index in [1.54, 1.807) is 18.2 Å². The number of hydrazone groups is 1. The molecule has 2 aromatic carbocycles. The highest BCUT2D eigenvalue weighted by Gasteiger charge is 2.40. The number of para-hydroxylation sites is 1. The van der Waals surface area contributed by atoms with Crippen LogP contribution in [0.25, 0.3) is 0 Å². The normalized spacial score (nSPS) is 11.6. The van der Waals surface area contributed by atoms with Crippen LogP contribution in [-0.4, -0.2) is 48.8 Å². The average molecular weight is 442 g/mol. The fraction of sp³-hybridized carbons (Fsp3) is 0.250. The molecular weight excluding hydrogens is 424 g/mol. The number of benzene rings is 2. The summed E-state index contributed by atoms with van der Waals surface area (Å²) in [6.07, 6.45) is -2.57. The van der Waals surface area contributed by atoms with Gasteiger partial charge in [0, 0.05) is 11.1 Å². The molecule has 0 bridgehead atoms. The van der Waals surface area contributed by atoms with Gasteiger partial charge in [0.2, 0.25) is 0 Å². The van der Waals surface area contributed by atoms with Crippen LogP contribution < -0.4 is 10.2 Å². The highest BCUT2D eigenvalue weighted by molar-refractivity contribution is 5.95. The minimum absolute atomic E-state index is 0.134. The summed E-state index contributed by atoms with van der Waals surface area (Å²) >= 11 is 0. The maximum Gasteiger partial charge on any atom is 0.341 e. The molecule has 166 valence electrons. The van der Waals surface area contributed by atoms with Gasteiger partial charge in [0.15, 0.2) is 6.61 Å². The van der Waals surface area contributed by atoms with Crippen LogP contribution in [0.4, 0.5) is 17.6 Å². The summed E-state index contributed by atoms with van der Waals surface area (Å²) < 4.78 is 59.7. The molecule has 0 aliphatic heterocycles. The number of amides is 1. The Morgan fingerprint density at radius 3 is 2.61 bits per heavy atom. The van der Waals surface area contributed by atoms with Gasteiger partial charge < -0.3 is 14.6 Å². The monoisotopic (exact) mass is 442 g/mol. The third-order valence-electron chi connectivity index (χ3n) is 3.71. The fourth-order valence-electron chi connectivity index (χ4n) is 2.25. The van der Waals surface area contributed by atoms with E-state index in [0.29, 0.717) is 11.1 Å². The van der Waals surface area contributed by atoms with Gasteiger partial charge in [0.05, 0.1) is 12.8 Å². The minimum atomic E-state index is -4.26. The van der Waals surface area contributed by atoms with Crippen molar-refractivity contribution < 1.29 is 41.7 Å². The van der Waals surface area contributed by atoms with Crippen molar-refractivity contribution in [1.29, 1.82) is 0 Å². The van der Waals surface area contributed by atoms with E-state index < -0.39 is 37.4 Å². The van der Waals surface area contributed by atoms with Crippen LogP contribution in [0.15, 0.2) is 53.6 Å². The van der Waals surface area contributed by atoms with Gasteiger partial charge in [0.25, 0.3) is 5.91 Å². The highest BCUT2D eigenvalue weighted by Crippen LogP contribution is 2.23. The molecule has 7 nitrogen and oxygen atoms in total. The Balaban J connectivity index is 1.95. The molecule has 0 radical (unpaired) electrons. The van der Waals surface area contributed by atoms with E-state index in [1.807, 2.05) is 0 Å². The number of halogens is 4. The first-order valence-electron chi connectivity index (χ1n) is 8.78. The summed E-state index contributed by atoms with van der Waals surface area (Å²) in [4.78, 5) is 22.8. The van der Waals surface area contributed by atoms with Crippen LogP contribution in [-0.2, 0) is 16.1 Å². The number of carboxylic acids is 1. The van der Waals surface area contributed by atoms with Crippen molar-refractivity contribution in [2.24, 2.45) is 5.10 Å². The lowest BCUT2D eigenvalue weighted by atomic mass is 10.1.